The lowest BCUT2D eigenvalue weighted by molar-refractivity contribution is 0.0453. The fourth-order valence-electron chi connectivity index (χ4n) is 1.91. The SMILES string of the molecule is Nc1ccc(S(=O)(=O)NCC2CC(O)C2)c(F)c1. The quantitative estimate of drug-likeness (QED) is 0.695. The molecule has 100 valence electrons. The van der Waals surface area contributed by atoms with Crippen molar-refractivity contribution in [1.29, 1.82) is 0 Å². The number of nitrogen functional groups attached to an aromatic ring is 1. The normalized spacial score (nSPS) is 23.7. The van der Waals surface area contributed by atoms with E-state index in [1.165, 1.54) is 6.07 Å². The van der Waals surface area contributed by atoms with Gasteiger partial charge in [0.2, 0.25) is 10.0 Å². The summed E-state index contributed by atoms with van der Waals surface area (Å²) in [5.41, 5.74) is 5.53. The molecule has 18 heavy (non-hydrogen) atoms. The highest BCUT2D eigenvalue weighted by atomic mass is 32.2. The van der Waals surface area contributed by atoms with Crippen molar-refractivity contribution in [2.45, 2.75) is 23.8 Å². The Kier molecular flexibility index (Phi) is 3.56. The van der Waals surface area contributed by atoms with Crippen molar-refractivity contribution in [3.63, 3.8) is 0 Å². The number of sulfonamides is 1. The van der Waals surface area contributed by atoms with Gasteiger partial charge in [0.25, 0.3) is 0 Å². The molecule has 5 nitrogen and oxygen atoms in total. The van der Waals surface area contributed by atoms with Gasteiger partial charge in [-0.3, -0.25) is 0 Å². The Bertz CT molecular complexity index is 541. The molecule has 0 bridgehead atoms. The van der Waals surface area contributed by atoms with Crippen LogP contribution in [-0.4, -0.2) is 26.2 Å². The summed E-state index contributed by atoms with van der Waals surface area (Å²) in [4.78, 5) is -0.406. The molecule has 4 N–H and O–H groups in total. The van der Waals surface area contributed by atoms with Crippen molar-refractivity contribution in [3.05, 3.63) is 24.0 Å². The first-order valence-electron chi connectivity index (χ1n) is 5.61. The van der Waals surface area contributed by atoms with E-state index in [9.17, 15) is 12.8 Å². The average molecular weight is 274 g/mol. The van der Waals surface area contributed by atoms with Crippen LogP contribution >= 0.6 is 0 Å². The molecular formula is C11H15FN2O3S. The van der Waals surface area contributed by atoms with Crippen LogP contribution in [0.2, 0.25) is 0 Å². The van der Waals surface area contributed by atoms with Gasteiger partial charge >= 0.3 is 0 Å². The Labute approximate surface area is 105 Å². The van der Waals surface area contributed by atoms with E-state index in [2.05, 4.69) is 4.72 Å². The highest BCUT2D eigenvalue weighted by Gasteiger charge is 2.29. The van der Waals surface area contributed by atoms with Crippen LogP contribution in [0, 0.1) is 11.7 Å². The van der Waals surface area contributed by atoms with Crippen LogP contribution in [0.15, 0.2) is 23.1 Å². The number of nitrogens with one attached hydrogen (secondary N) is 1. The van der Waals surface area contributed by atoms with Crippen LogP contribution in [0.1, 0.15) is 12.8 Å². The summed E-state index contributed by atoms with van der Waals surface area (Å²) < 4.78 is 39.5. The number of anilines is 1. The third-order valence-electron chi connectivity index (χ3n) is 3.02. The standard InChI is InChI=1S/C11H15FN2O3S/c12-10-5-8(13)1-2-11(10)18(16,17)14-6-7-3-9(15)4-7/h1-2,5,7,9,14-15H,3-4,6,13H2. The second-order valence-electron chi connectivity index (χ2n) is 4.53. The van der Waals surface area contributed by atoms with Crippen LogP contribution in [0.3, 0.4) is 0 Å². The smallest absolute Gasteiger partial charge is 0.243 e. The molecule has 0 saturated heterocycles. The number of benzene rings is 1. The average Bonchev–Trinajstić information content (AvgIpc) is 2.22. The maximum atomic E-state index is 13.5. The van der Waals surface area contributed by atoms with Gasteiger partial charge in [0.1, 0.15) is 10.7 Å². The summed E-state index contributed by atoms with van der Waals surface area (Å²) in [6, 6.07) is 3.45. The number of aliphatic hydroxyl groups is 1. The summed E-state index contributed by atoms with van der Waals surface area (Å²) in [5.74, 6) is -0.747. The van der Waals surface area contributed by atoms with E-state index in [0.717, 1.165) is 12.1 Å². The van der Waals surface area contributed by atoms with Gasteiger partial charge in [-0.15, -0.1) is 0 Å². The molecule has 0 aliphatic heterocycles. The number of aliphatic hydroxyl groups excluding tert-OH is 1. The van der Waals surface area contributed by atoms with Crippen molar-refractivity contribution in [1.82, 2.24) is 4.72 Å². The summed E-state index contributed by atoms with van der Waals surface area (Å²) in [7, 11) is -3.86. The molecule has 1 saturated carbocycles. The molecule has 0 heterocycles. The molecule has 0 amide bonds. The molecule has 0 aromatic heterocycles. The molecule has 0 atom stereocenters. The Hall–Kier alpha value is -1.18. The predicted octanol–water partition coefficient (Wildman–Crippen LogP) is 0.457. The van der Waals surface area contributed by atoms with Crippen LogP contribution < -0.4 is 10.5 Å². The minimum Gasteiger partial charge on any atom is -0.399 e. The van der Waals surface area contributed by atoms with E-state index in [1.807, 2.05) is 0 Å². The third kappa shape index (κ3) is 2.80. The first kappa shape index (κ1) is 13.3. The Morgan fingerprint density at radius 1 is 1.44 bits per heavy atom. The van der Waals surface area contributed by atoms with Gasteiger partial charge in [-0.1, -0.05) is 0 Å². The number of rotatable bonds is 4. The van der Waals surface area contributed by atoms with Gasteiger partial charge in [-0.05, 0) is 37.0 Å². The molecule has 1 aromatic rings. The molecule has 0 unspecified atom stereocenters. The minimum atomic E-state index is -3.86. The fraction of sp³-hybridized carbons (Fsp3) is 0.455. The number of nitrogens with two attached hydrogens (primary N) is 1. The van der Waals surface area contributed by atoms with E-state index in [4.69, 9.17) is 10.8 Å². The van der Waals surface area contributed by atoms with Crippen LogP contribution in [-0.2, 0) is 10.0 Å². The zero-order chi connectivity index (χ0) is 13.3. The van der Waals surface area contributed by atoms with Crippen molar-refractivity contribution in [2.75, 3.05) is 12.3 Å². The number of hydrogen-bond donors (Lipinski definition) is 3. The van der Waals surface area contributed by atoms with E-state index in [-0.39, 0.29) is 24.3 Å². The molecule has 1 aromatic carbocycles. The maximum absolute atomic E-state index is 13.5. The first-order valence-corrected chi connectivity index (χ1v) is 7.09. The van der Waals surface area contributed by atoms with Crippen molar-refractivity contribution < 1.29 is 17.9 Å². The van der Waals surface area contributed by atoms with Gasteiger partial charge in [0.15, 0.2) is 0 Å². The Balaban J connectivity index is 2.06. The topological polar surface area (TPSA) is 92.4 Å². The lowest BCUT2D eigenvalue weighted by Crippen LogP contribution is -2.38. The number of hydrogen-bond acceptors (Lipinski definition) is 4. The second-order valence-corrected chi connectivity index (χ2v) is 6.27. The molecule has 1 aliphatic rings. The molecule has 0 radical (unpaired) electrons. The zero-order valence-corrected chi connectivity index (χ0v) is 10.5. The molecule has 0 spiro atoms. The molecule has 1 fully saturated rings. The molecule has 7 heteroatoms. The number of halogens is 1. The summed E-state index contributed by atoms with van der Waals surface area (Å²) in [5, 5.41) is 9.09. The van der Waals surface area contributed by atoms with Gasteiger partial charge in [0, 0.05) is 12.2 Å². The second kappa shape index (κ2) is 4.83. The lowest BCUT2D eigenvalue weighted by atomic mass is 9.83. The van der Waals surface area contributed by atoms with E-state index in [0.29, 0.717) is 12.8 Å². The molecule has 2 rings (SSSR count). The zero-order valence-electron chi connectivity index (χ0n) is 9.64. The largest absolute Gasteiger partial charge is 0.399 e. The van der Waals surface area contributed by atoms with Crippen molar-refractivity contribution >= 4 is 15.7 Å². The van der Waals surface area contributed by atoms with Crippen LogP contribution in [0.4, 0.5) is 10.1 Å². The van der Waals surface area contributed by atoms with Crippen molar-refractivity contribution in [3.8, 4) is 0 Å². The van der Waals surface area contributed by atoms with Crippen LogP contribution in [0.5, 0.6) is 0 Å². The fourth-order valence-corrected chi connectivity index (χ4v) is 3.08. The highest BCUT2D eigenvalue weighted by Crippen LogP contribution is 2.27. The first-order chi connectivity index (χ1) is 8.38. The van der Waals surface area contributed by atoms with E-state index >= 15 is 0 Å². The monoisotopic (exact) mass is 274 g/mol. The maximum Gasteiger partial charge on any atom is 0.243 e. The highest BCUT2D eigenvalue weighted by molar-refractivity contribution is 7.89. The van der Waals surface area contributed by atoms with Crippen LogP contribution in [0.25, 0.3) is 0 Å². The molecular weight excluding hydrogens is 259 g/mol. The van der Waals surface area contributed by atoms with E-state index < -0.39 is 20.7 Å². The summed E-state index contributed by atoms with van der Waals surface area (Å²) >= 11 is 0. The van der Waals surface area contributed by atoms with Gasteiger partial charge in [-0.2, -0.15) is 0 Å². The summed E-state index contributed by atoms with van der Waals surface area (Å²) in [6.45, 7) is 0.212. The lowest BCUT2D eigenvalue weighted by Gasteiger charge is -2.31. The summed E-state index contributed by atoms with van der Waals surface area (Å²) in [6.07, 6.45) is 0.812. The van der Waals surface area contributed by atoms with Gasteiger partial charge in [-0.25, -0.2) is 17.5 Å². The minimum absolute atomic E-state index is 0.117. The third-order valence-corrected chi connectivity index (χ3v) is 4.48. The predicted molar refractivity (Wildman–Crippen MR) is 64.7 cm³/mol. The van der Waals surface area contributed by atoms with Gasteiger partial charge < -0.3 is 10.8 Å². The Morgan fingerprint density at radius 2 is 2.11 bits per heavy atom. The van der Waals surface area contributed by atoms with Crippen molar-refractivity contribution in [2.24, 2.45) is 5.92 Å². The molecule has 1 aliphatic carbocycles. The van der Waals surface area contributed by atoms with Gasteiger partial charge in [0.05, 0.1) is 6.10 Å². The Morgan fingerprint density at radius 3 is 2.67 bits per heavy atom. The van der Waals surface area contributed by atoms with E-state index in [1.54, 1.807) is 0 Å².